The molecule has 5 aromatic rings. The molecule has 7 rings (SSSR count). The molecule has 0 amide bonds. The Labute approximate surface area is 620 Å². The van der Waals surface area contributed by atoms with Crippen LogP contribution in [0.4, 0.5) is 8.78 Å². The van der Waals surface area contributed by atoms with Gasteiger partial charge in [0.2, 0.25) is 0 Å². The number of carbonyl (C=O) groups excluding carboxylic acids is 3. The lowest BCUT2D eigenvalue weighted by atomic mass is 9.92. The lowest BCUT2D eigenvalue weighted by Crippen LogP contribution is -2.09. The van der Waals surface area contributed by atoms with Crippen molar-refractivity contribution in [2.24, 2.45) is 5.92 Å². The van der Waals surface area contributed by atoms with Crippen molar-refractivity contribution in [2.75, 3.05) is 78.6 Å². The first-order valence-electron chi connectivity index (χ1n) is 35.9. The number of hydrogen-bond acceptors (Lipinski definition) is 18. The molecule has 2 aliphatic rings. The van der Waals surface area contributed by atoms with Gasteiger partial charge in [-0.15, -0.1) is 0 Å². The maximum Gasteiger partial charge on any atom is 0.474 e. The fourth-order valence-electron chi connectivity index (χ4n) is 11.5. The molecule has 0 saturated heterocycles. The fourth-order valence-corrected chi connectivity index (χ4v) is 16.2. The zero-order valence-electron chi connectivity index (χ0n) is 62.7. The van der Waals surface area contributed by atoms with E-state index in [1.54, 1.807) is 66.2 Å². The summed E-state index contributed by atoms with van der Waals surface area (Å²) >= 11 is 0. The normalized spacial score (nSPS) is 14.6. The Morgan fingerprint density at radius 2 is 0.827 bits per heavy atom. The van der Waals surface area contributed by atoms with Crippen LogP contribution in [0, 0.1) is 17.6 Å². The highest BCUT2D eigenvalue weighted by molar-refractivity contribution is 7.84. The second kappa shape index (κ2) is 45.9. The van der Waals surface area contributed by atoms with Gasteiger partial charge in [-0.05, 0) is 245 Å². The smallest absolute Gasteiger partial charge is 0.465 e. The van der Waals surface area contributed by atoms with Gasteiger partial charge in [-0.3, -0.25) is 63.5 Å². The second-order valence-corrected chi connectivity index (χ2v) is 32.8. The van der Waals surface area contributed by atoms with Crippen molar-refractivity contribution >= 4 is 97.0 Å². The van der Waals surface area contributed by atoms with Crippen LogP contribution in [0.2, 0.25) is 0 Å². The minimum Gasteiger partial charge on any atom is -0.465 e. The third-order valence-corrected chi connectivity index (χ3v) is 23.5. The van der Waals surface area contributed by atoms with Gasteiger partial charge in [-0.25, -0.2) is 22.5 Å². The molecule has 3 unspecified atom stereocenters. The SMILES string of the molecule is CCOP(=O)(OCC)OCCCCCC(=O)C(C)c1ccc(CC(C)C)cc1.CCOP(=O)(OCC)OCCCCCC(=O)CC1=C(C)/C(=C/c2ccc(S(C)=O)cc2)c2ccc(F)cc21.CCOP(=O)(OCC)OCCCCOC(=O)CC1=C(C)/C(=C/c2ccc(S(C)=O)cc2)c2ccc(F)cc21. The van der Waals surface area contributed by atoms with Crippen LogP contribution in [0.15, 0.2) is 130 Å². The first kappa shape index (κ1) is 89.0. The van der Waals surface area contributed by atoms with Gasteiger partial charge in [0, 0.05) is 69.1 Å². The van der Waals surface area contributed by atoms with Crippen molar-refractivity contribution < 1.29 is 90.7 Å². The number of benzene rings is 5. The van der Waals surface area contributed by atoms with E-state index in [1.807, 2.05) is 81.5 Å². The van der Waals surface area contributed by atoms with Gasteiger partial charge in [0.25, 0.3) is 0 Å². The number of fused-ring (bicyclic) bond motifs is 2. The van der Waals surface area contributed by atoms with Gasteiger partial charge < -0.3 is 4.74 Å². The Bertz CT molecular complexity index is 3700. The molecule has 0 bridgehead atoms. The first-order valence-corrected chi connectivity index (χ1v) is 43.4. The van der Waals surface area contributed by atoms with Crippen LogP contribution < -0.4 is 0 Å². The highest BCUT2D eigenvalue weighted by Gasteiger charge is 2.30. The van der Waals surface area contributed by atoms with Crippen molar-refractivity contribution in [3.8, 4) is 0 Å². The standard InChI is InChI=1S/C29H36FO6PS.C28H34FO7PS.C22H37O5P/c1-5-34-37(32,35-6-2)36-17-9-7-8-10-24(31)20-28-21(3)27(26-16-13-23(30)19-29(26)28)18-22-11-14-25(15-12-22)38(4)33;1-5-34-37(31,35-6-2)36-16-8-7-15-33-28(30)19-26-20(3)25(24-14-11-22(29)18-27(24)26)17-21-9-12-23(13-10-21)38(4)32;1-6-25-28(24,26-7-2)27-16-10-8-9-11-22(23)19(5)21-14-12-20(13-15-21)17-18(3)4/h11-16,18-19H,5-10,17,20H2,1-4H3;9-14,17-18H,5-8,15-16,19H2,1-4H3;12-15,18-19H,6-11,16-17H2,1-5H3/b27-18-;25-17-;. The summed E-state index contributed by atoms with van der Waals surface area (Å²) in [6.45, 7) is 22.9. The quantitative estimate of drug-likeness (QED) is 0.0200. The van der Waals surface area contributed by atoms with Gasteiger partial charge in [-0.1, -0.05) is 94.3 Å². The molecule has 0 saturated carbocycles. The zero-order chi connectivity index (χ0) is 76.4. The van der Waals surface area contributed by atoms with E-state index in [1.165, 1.54) is 29.8 Å². The average Bonchev–Trinajstić information content (AvgIpc) is 1.63. The number of allylic oxidation sites excluding steroid dienone is 5. The third kappa shape index (κ3) is 29.5. The Hall–Kier alpha value is -5.64. The summed E-state index contributed by atoms with van der Waals surface area (Å²) in [5.74, 6) is -0.248. The highest BCUT2D eigenvalue weighted by atomic mass is 32.2. The number of esters is 1. The minimum atomic E-state index is -3.55. The summed E-state index contributed by atoms with van der Waals surface area (Å²) in [5.41, 5.74) is 12.7. The number of unbranched alkanes of at least 4 members (excludes halogenated alkanes) is 5. The molecule has 18 nitrogen and oxygen atoms in total. The predicted molar refractivity (Wildman–Crippen MR) is 411 cm³/mol. The number of halogens is 2. The van der Waals surface area contributed by atoms with Gasteiger partial charge in [0.05, 0.1) is 72.5 Å². The fraction of sp³-hybridized carbons (Fsp3) is 0.481. The van der Waals surface area contributed by atoms with Crippen LogP contribution in [0.1, 0.15) is 204 Å². The Balaban J connectivity index is 0.000000284. The van der Waals surface area contributed by atoms with Crippen LogP contribution in [0.25, 0.3) is 34.4 Å². The van der Waals surface area contributed by atoms with Crippen molar-refractivity contribution in [1.82, 2.24) is 0 Å². The number of ketones is 2. The summed E-state index contributed by atoms with van der Waals surface area (Å²) in [4.78, 5) is 39.5. The maximum absolute atomic E-state index is 14.2. The highest BCUT2D eigenvalue weighted by Crippen LogP contribution is 2.52. The second-order valence-electron chi connectivity index (χ2n) is 25.1. The van der Waals surface area contributed by atoms with Crippen LogP contribution in [-0.2, 0) is 102 Å². The Morgan fingerprint density at radius 3 is 1.21 bits per heavy atom. The number of Topliss-reactive ketones (excluding diaryl/α,β-unsaturated/α-hetero) is 2. The predicted octanol–water partition coefficient (Wildman–Crippen LogP) is 20.7. The molecule has 0 N–H and O–H groups in total. The molecule has 0 spiro atoms. The molecule has 104 heavy (non-hydrogen) atoms. The monoisotopic (exact) mass is 1540 g/mol. The van der Waals surface area contributed by atoms with E-state index < -0.39 is 51.0 Å². The molecule has 0 fully saturated rings. The molecular weight excluding hydrogens is 1430 g/mol. The van der Waals surface area contributed by atoms with Crippen molar-refractivity contribution in [2.45, 2.75) is 175 Å². The summed E-state index contributed by atoms with van der Waals surface area (Å²) < 4.78 is 140. The third-order valence-electron chi connectivity index (χ3n) is 16.7. The summed E-state index contributed by atoms with van der Waals surface area (Å²) in [6, 6.07) is 32.6. The number of hydrogen-bond donors (Lipinski definition) is 0. The van der Waals surface area contributed by atoms with E-state index in [0.717, 1.165) is 109 Å². The molecule has 572 valence electrons. The molecule has 0 radical (unpaired) electrons. The number of phosphoric ester groups is 3. The van der Waals surface area contributed by atoms with Gasteiger partial charge >= 0.3 is 29.4 Å². The van der Waals surface area contributed by atoms with E-state index in [9.17, 15) is 45.3 Å². The van der Waals surface area contributed by atoms with Gasteiger partial charge in [-0.2, -0.15) is 0 Å². The molecule has 2 aliphatic carbocycles. The number of carbonyl (C=O) groups is 3. The lowest BCUT2D eigenvalue weighted by molar-refractivity contribution is -0.142. The van der Waals surface area contributed by atoms with Gasteiger partial charge in [0.15, 0.2) is 0 Å². The maximum atomic E-state index is 14.2. The van der Waals surface area contributed by atoms with Crippen LogP contribution in [0.3, 0.4) is 0 Å². The zero-order valence-corrected chi connectivity index (χ0v) is 67.0. The summed E-state index contributed by atoms with van der Waals surface area (Å²) in [6.07, 6.45) is 14.9. The topological polar surface area (TPSA) is 229 Å². The molecule has 3 atom stereocenters. The van der Waals surface area contributed by atoms with E-state index in [2.05, 4.69) is 38.1 Å². The Kier molecular flexibility index (Phi) is 39.3. The molecule has 0 heterocycles. The average molecular weight is 1540 g/mol. The molecule has 0 aliphatic heterocycles. The van der Waals surface area contributed by atoms with Crippen molar-refractivity contribution in [1.29, 1.82) is 0 Å². The number of ether oxygens (including phenoxy) is 1. The largest absolute Gasteiger partial charge is 0.474 e. The molecular formula is C79H107F2O18P3S2. The van der Waals surface area contributed by atoms with Crippen LogP contribution >= 0.6 is 23.5 Å². The Morgan fingerprint density at radius 1 is 0.452 bits per heavy atom. The van der Waals surface area contributed by atoms with E-state index in [4.69, 9.17) is 45.5 Å². The van der Waals surface area contributed by atoms with Crippen molar-refractivity contribution in [3.05, 3.63) is 176 Å². The van der Waals surface area contributed by atoms with E-state index in [0.29, 0.717) is 56.6 Å². The minimum absolute atomic E-state index is 0.00770. The van der Waals surface area contributed by atoms with Crippen LogP contribution in [-0.4, -0.2) is 105 Å². The van der Waals surface area contributed by atoms with E-state index >= 15 is 0 Å². The molecule has 5 aromatic carbocycles. The summed E-state index contributed by atoms with van der Waals surface area (Å²) in [7, 11) is -12.6. The van der Waals surface area contributed by atoms with Crippen molar-refractivity contribution in [3.63, 3.8) is 0 Å². The lowest BCUT2D eigenvalue weighted by Gasteiger charge is -2.16. The summed E-state index contributed by atoms with van der Waals surface area (Å²) in [5, 5.41) is 0. The van der Waals surface area contributed by atoms with Gasteiger partial charge in [0.1, 0.15) is 23.2 Å². The molecule has 25 heteroatoms. The first-order chi connectivity index (χ1) is 49.6. The molecule has 0 aromatic heterocycles. The number of phosphoric acid groups is 3. The van der Waals surface area contributed by atoms with E-state index in [-0.39, 0.29) is 101 Å². The van der Waals surface area contributed by atoms with Crippen LogP contribution in [0.5, 0.6) is 0 Å². The number of rotatable bonds is 44.